The Labute approximate surface area is 235 Å². The van der Waals surface area contributed by atoms with Crippen molar-refractivity contribution < 1.29 is 37.0 Å². The van der Waals surface area contributed by atoms with Crippen LogP contribution in [0.4, 0.5) is 0 Å². The first kappa shape index (κ1) is 31.8. The number of carbonyl (C=O) groups excluding carboxylic acids is 3. The van der Waals surface area contributed by atoms with Gasteiger partial charge in [-0.05, 0) is 37.6 Å². The molecule has 0 bridgehead atoms. The zero-order chi connectivity index (χ0) is 29.6. The maximum atomic E-state index is 13.4. The second-order valence-corrected chi connectivity index (χ2v) is 10.4. The number of sulfonamides is 1. The third-order valence-corrected chi connectivity index (χ3v) is 7.61. The average molecular weight is 566 g/mol. The molecule has 0 unspecified atom stereocenters. The van der Waals surface area contributed by atoms with Crippen LogP contribution in [0.5, 0.6) is 0 Å². The second kappa shape index (κ2) is 15.3. The van der Waals surface area contributed by atoms with Crippen LogP contribution in [0.2, 0.25) is 0 Å². The quantitative estimate of drug-likeness (QED) is 0.108. The fourth-order valence-electron chi connectivity index (χ4n) is 3.51. The number of hydrogen-bond donors (Lipinski definition) is 0. The Morgan fingerprint density at radius 1 is 0.875 bits per heavy atom. The monoisotopic (exact) mass is 565 g/mol. The largest absolute Gasteiger partial charge is 0.468 e. The molecule has 0 aliphatic carbocycles. The highest BCUT2D eigenvalue weighted by atomic mass is 32.2. The van der Waals surface area contributed by atoms with E-state index in [1.54, 1.807) is 12.1 Å². The van der Waals surface area contributed by atoms with Crippen molar-refractivity contribution in [2.45, 2.75) is 24.7 Å². The van der Waals surface area contributed by atoms with Crippen LogP contribution in [0.15, 0.2) is 71.6 Å². The third-order valence-electron chi connectivity index (χ3n) is 5.78. The Morgan fingerprint density at radius 3 is 2.08 bits per heavy atom. The average Bonchev–Trinajstić information content (AvgIpc) is 2.97. The van der Waals surface area contributed by atoms with Crippen molar-refractivity contribution >= 4 is 27.9 Å². The molecule has 10 heteroatoms. The number of aryl methyl sites for hydroxylation is 1. The van der Waals surface area contributed by atoms with Crippen molar-refractivity contribution in [1.29, 1.82) is 0 Å². The molecule has 40 heavy (non-hydrogen) atoms. The van der Waals surface area contributed by atoms with Crippen LogP contribution in [0, 0.1) is 36.0 Å². The fourth-order valence-corrected chi connectivity index (χ4v) is 4.81. The van der Waals surface area contributed by atoms with Crippen molar-refractivity contribution in [2.24, 2.45) is 5.41 Å². The maximum Gasteiger partial charge on any atom is 0.384 e. The Bertz CT molecular complexity index is 1420. The first-order chi connectivity index (χ1) is 19.1. The predicted octanol–water partition coefficient (Wildman–Crippen LogP) is 2.88. The van der Waals surface area contributed by atoms with E-state index in [-0.39, 0.29) is 30.8 Å². The van der Waals surface area contributed by atoms with Crippen LogP contribution in [-0.4, -0.2) is 65.0 Å². The lowest BCUT2D eigenvalue weighted by atomic mass is 9.81. The van der Waals surface area contributed by atoms with Gasteiger partial charge in [-0.3, -0.25) is 9.59 Å². The highest BCUT2D eigenvalue weighted by Gasteiger charge is 2.47. The van der Waals surface area contributed by atoms with Crippen molar-refractivity contribution in [3.63, 3.8) is 0 Å². The van der Waals surface area contributed by atoms with Crippen molar-refractivity contribution in [3.05, 3.63) is 77.9 Å². The van der Waals surface area contributed by atoms with Crippen LogP contribution in [0.3, 0.4) is 0 Å². The molecule has 0 N–H and O–H groups in total. The summed E-state index contributed by atoms with van der Waals surface area (Å²) in [7, 11) is -0.567. The summed E-state index contributed by atoms with van der Waals surface area (Å²) in [5, 5.41) is 0. The fraction of sp³-hybridized carbons (Fsp3) is 0.300. The molecule has 9 nitrogen and oxygen atoms in total. The van der Waals surface area contributed by atoms with E-state index in [0.717, 1.165) is 32.5 Å². The zero-order valence-corrected chi connectivity index (χ0v) is 23.6. The normalized spacial score (nSPS) is 11.1. The van der Waals surface area contributed by atoms with Gasteiger partial charge in [0.15, 0.2) is 5.41 Å². The molecule has 0 heterocycles. The minimum Gasteiger partial charge on any atom is -0.468 e. The number of nitrogens with zero attached hydrogens (tertiary/aromatic N) is 1. The molecule has 2 aromatic carbocycles. The SMILES string of the molecule is COC(=O)C#CCC(C/C=C/CN(CC#Cc1ccccc1)S(=O)(=O)c1ccc(C)cc1)(C(=O)OC)C(=O)OC. The molecule has 0 saturated heterocycles. The van der Waals surface area contributed by atoms with E-state index in [2.05, 4.69) is 28.4 Å². The summed E-state index contributed by atoms with van der Waals surface area (Å²) in [6, 6.07) is 15.6. The molecule has 0 radical (unpaired) electrons. The van der Waals surface area contributed by atoms with E-state index < -0.39 is 33.3 Å². The number of methoxy groups -OCH3 is 3. The molecular formula is C30H31NO8S. The summed E-state index contributed by atoms with van der Waals surface area (Å²) in [5.74, 6) is 7.82. The van der Waals surface area contributed by atoms with Crippen LogP contribution in [0.25, 0.3) is 0 Å². The van der Waals surface area contributed by atoms with Gasteiger partial charge in [0.2, 0.25) is 10.0 Å². The molecule has 0 saturated carbocycles. The minimum atomic E-state index is -3.93. The van der Waals surface area contributed by atoms with Gasteiger partial charge in [0.05, 0.1) is 32.8 Å². The number of carbonyl (C=O) groups is 3. The number of benzene rings is 2. The Balaban J connectivity index is 2.37. The van der Waals surface area contributed by atoms with Gasteiger partial charge in [-0.15, -0.1) is 0 Å². The second-order valence-electron chi connectivity index (χ2n) is 8.49. The van der Waals surface area contributed by atoms with Gasteiger partial charge in [-0.25, -0.2) is 13.2 Å². The van der Waals surface area contributed by atoms with Gasteiger partial charge in [-0.2, -0.15) is 4.31 Å². The molecule has 2 rings (SSSR count). The topological polar surface area (TPSA) is 116 Å². The molecule has 0 aliphatic heterocycles. The highest BCUT2D eigenvalue weighted by molar-refractivity contribution is 7.89. The number of hydrogen-bond acceptors (Lipinski definition) is 8. The highest BCUT2D eigenvalue weighted by Crippen LogP contribution is 2.31. The van der Waals surface area contributed by atoms with Crippen LogP contribution in [-0.2, 0) is 38.6 Å². The van der Waals surface area contributed by atoms with Crippen LogP contribution in [0.1, 0.15) is 24.0 Å². The van der Waals surface area contributed by atoms with Crippen molar-refractivity contribution in [3.8, 4) is 23.7 Å². The number of allylic oxidation sites excluding steroid dienone is 1. The first-order valence-electron chi connectivity index (χ1n) is 12.1. The van der Waals surface area contributed by atoms with E-state index in [0.29, 0.717) is 0 Å². The molecule has 0 fully saturated rings. The summed E-state index contributed by atoms with van der Waals surface area (Å²) in [4.78, 5) is 36.9. The summed E-state index contributed by atoms with van der Waals surface area (Å²) in [5.41, 5.74) is -0.235. The Morgan fingerprint density at radius 2 is 1.50 bits per heavy atom. The maximum absolute atomic E-state index is 13.4. The minimum absolute atomic E-state index is 0.101. The van der Waals surface area contributed by atoms with E-state index in [1.807, 2.05) is 37.3 Å². The van der Waals surface area contributed by atoms with Gasteiger partial charge in [0.1, 0.15) is 0 Å². The van der Waals surface area contributed by atoms with E-state index in [4.69, 9.17) is 9.47 Å². The van der Waals surface area contributed by atoms with E-state index in [9.17, 15) is 22.8 Å². The number of rotatable bonds is 10. The van der Waals surface area contributed by atoms with Gasteiger partial charge in [0.25, 0.3) is 0 Å². The first-order valence-corrected chi connectivity index (χ1v) is 13.5. The lowest BCUT2D eigenvalue weighted by Crippen LogP contribution is -2.40. The lowest BCUT2D eigenvalue weighted by Gasteiger charge is -2.25. The van der Waals surface area contributed by atoms with Gasteiger partial charge in [-0.1, -0.05) is 65.8 Å². The predicted molar refractivity (Wildman–Crippen MR) is 148 cm³/mol. The van der Waals surface area contributed by atoms with E-state index in [1.165, 1.54) is 28.6 Å². The Hall–Kier alpha value is -4.38. The number of ether oxygens (including phenoxy) is 3. The molecule has 0 amide bonds. The van der Waals surface area contributed by atoms with Crippen LogP contribution < -0.4 is 0 Å². The van der Waals surface area contributed by atoms with Crippen molar-refractivity contribution in [1.82, 2.24) is 4.31 Å². The summed E-state index contributed by atoms with van der Waals surface area (Å²) >= 11 is 0. The molecule has 2 aromatic rings. The molecule has 0 spiro atoms. The molecule has 0 aromatic heterocycles. The summed E-state index contributed by atoms with van der Waals surface area (Å²) in [6.07, 6.45) is 2.36. The van der Waals surface area contributed by atoms with Gasteiger partial charge >= 0.3 is 17.9 Å². The van der Waals surface area contributed by atoms with Crippen LogP contribution >= 0.6 is 0 Å². The standard InChI is InChI=1S/C30H31NO8S/c1-24-16-18-26(19-17-24)40(35,36)31(23-11-14-25-12-6-5-7-13-25)22-9-8-20-30(28(33)38-3,29(34)39-4)21-10-15-27(32)37-2/h5-9,12-13,16-19H,20-23H2,1-4H3/b9-8+. The van der Waals surface area contributed by atoms with Gasteiger partial charge in [0, 0.05) is 24.4 Å². The summed E-state index contributed by atoms with van der Waals surface area (Å²) < 4.78 is 42.2. The summed E-state index contributed by atoms with van der Waals surface area (Å²) in [6.45, 7) is 1.64. The molecule has 0 aliphatic rings. The molecule has 0 atom stereocenters. The number of esters is 3. The Kier molecular flexibility index (Phi) is 12.2. The van der Waals surface area contributed by atoms with E-state index >= 15 is 0 Å². The van der Waals surface area contributed by atoms with Crippen molar-refractivity contribution in [2.75, 3.05) is 34.4 Å². The lowest BCUT2D eigenvalue weighted by molar-refractivity contribution is -0.168. The smallest absolute Gasteiger partial charge is 0.384 e. The molecular weight excluding hydrogens is 534 g/mol. The zero-order valence-electron chi connectivity index (χ0n) is 22.8. The van der Waals surface area contributed by atoms with Gasteiger partial charge < -0.3 is 14.2 Å². The molecule has 210 valence electrons. The third kappa shape index (κ3) is 8.57.